The molecule has 2 N–H and O–H groups in total. The number of piperidine rings is 1. The molecule has 3 nitrogen and oxygen atoms in total. The molecule has 0 saturated carbocycles. The van der Waals surface area contributed by atoms with Gasteiger partial charge in [-0.1, -0.05) is 0 Å². The van der Waals surface area contributed by atoms with E-state index in [1.165, 1.54) is 25.9 Å². The molecule has 0 aromatic heterocycles. The van der Waals surface area contributed by atoms with Crippen LogP contribution >= 0.6 is 0 Å². The van der Waals surface area contributed by atoms with Gasteiger partial charge in [0, 0.05) is 12.6 Å². The van der Waals surface area contributed by atoms with E-state index < -0.39 is 5.60 Å². The molecule has 1 rings (SSSR count). The van der Waals surface area contributed by atoms with Crippen LogP contribution in [0.25, 0.3) is 0 Å². The first-order chi connectivity index (χ1) is 7.42. The van der Waals surface area contributed by atoms with E-state index in [0.717, 1.165) is 18.9 Å². The number of nitrogens with one attached hydrogen (secondary N) is 1. The van der Waals surface area contributed by atoms with Crippen LogP contribution in [0.2, 0.25) is 0 Å². The second-order valence-electron chi connectivity index (χ2n) is 5.82. The van der Waals surface area contributed by atoms with Crippen molar-refractivity contribution in [3.8, 4) is 0 Å². The van der Waals surface area contributed by atoms with Crippen molar-refractivity contribution in [3.05, 3.63) is 0 Å². The predicted molar refractivity (Wildman–Crippen MR) is 68.6 cm³/mol. The van der Waals surface area contributed by atoms with E-state index in [-0.39, 0.29) is 0 Å². The highest BCUT2D eigenvalue weighted by atomic mass is 16.3. The van der Waals surface area contributed by atoms with Crippen LogP contribution in [0, 0.1) is 5.92 Å². The third kappa shape index (κ3) is 4.81. The number of hydrogen-bond acceptors (Lipinski definition) is 3. The maximum absolute atomic E-state index is 9.69. The van der Waals surface area contributed by atoms with Gasteiger partial charge in [0.1, 0.15) is 0 Å². The van der Waals surface area contributed by atoms with Crippen molar-refractivity contribution in [2.45, 2.75) is 51.7 Å². The number of likely N-dealkylation sites (tertiary alicyclic amines) is 1. The van der Waals surface area contributed by atoms with Crippen molar-refractivity contribution in [2.24, 2.45) is 5.92 Å². The van der Waals surface area contributed by atoms with Gasteiger partial charge in [0.2, 0.25) is 0 Å². The molecule has 0 spiro atoms. The van der Waals surface area contributed by atoms with Gasteiger partial charge >= 0.3 is 0 Å². The van der Waals surface area contributed by atoms with Crippen LogP contribution in [0.4, 0.5) is 0 Å². The van der Waals surface area contributed by atoms with Crippen molar-refractivity contribution in [1.82, 2.24) is 10.2 Å². The van der Waals surface area contributed by atoms with E-state index in [9.17, 15) is 5.11 Å². The van der Waals surface area contributed by atoms with Crippen LogP contribution in [0.15, 0.2) is 0 Å². The second-order valence-corrected chi connectivity index (χ2v) is 5.82. The highest BCUT2D eigenvalue weighted by Crippen LogP contribution is 2.21. The summed E-state index contributed by atoms with van der Waals surface area (Å²) >= 11 is 0. The smallest absolute Gasteiger partial charge is 0.0603 e. The van der Waals surface area contributed by atoms with Gasteiger partial charge in [0.15, 0.2) is 0 Å². The zero-order valence-corrected chi connectivity index (χ0v) is 11.3. The molecule has 0 amide bonds. The minimum atomic E-state index is -0.519. The Labute approximate surface area is 100 Å². The highest BCUT2D eigenvalue weighted by Gasteiger charge is 2.23. The maximum Gasteiger partial charge on any atom is 0.0603 e. The summed E-state index contributed by atoms with van der Waals surface area (Å²) in [5, 5.41) is 13.0. The van der Waals surface area contributed by atoms with Crippen LogP contribution in [0.1, 0.15) is 40.0 Å². The molecule has 0 aromatic rings. The van der Waals surface area contributed by atoms with E-state index in [2.05, 4.69) is 17.1 Å². The molecule has 1 unspecified atom stereocenters. The largest absolute Gasteiger partial charge is 0.390 e. The molecule has 96 valence electrons. The topological polar surface area (TPSA) is 35.5 Å². The molecule has 3 heteroatoms. The highest BCUT2D eigenvalue weighted by molar-refractivity contribution is 4.79. The Balaban J connectivity index is 2.22. The van der Waals surface area contributed by atoms with Gasteiger partial charge in [-0.05, 0) is 66.1 Å². The van der Waals surface area contributed by atoms with Crippen molar-refractivity contribution in [1.29, 1.82) is 0 Å². The Kier molecular flexibility index (Phi) is 5.22. The predicted octanol–water partition coefficient (Wildman–Crippen LogP) is 1.47. The fourth-order valence-electron chi connectivity index (χ4n) is 2.34. The van der Waals surface area contributed by atoms with E-state index in [4.69, 9.17) is 0 Å². The van der Waals surface area contributed by atoms with E-state index >= 15 is 0 Å². The lowest BCUT2D eigenvalue weighted by Crippen LogP contribution is -2.42. The first-order valence-corrected chi connectivity index (χ1v) is 6.54. The van der Waals surface area contributed by atoms with Crippen molar-refractivity contribution >= 4 is 0 Å². The lowest BCUT2D eigenvalue weighted by atomic mass is 9.90. The van der Waals surface area contributed by atoms with Gasteiger partial charge in [-0.25, -0.2) is 0 Å². The molecular formula is C13H28N2O. The Morgan fingerprint density at radius 3 is 2.38 bits per heavy atom. The van der Waals surface area contributed by atoms with E-state index in [1.807, 2.05) is 20.9 Å². The maximum atomic E-state index is 9.69. The Morgan fingerprint density at radius 1 is 1.38 bits per heavy atom. The fraction of sp³-hybridized carbons (Fsp3) is 1.00. The van der Waals surface area contributed by atoms with Gasteiger partial charge in [-0.3, -0.25) is 0 Å². The monoisotopic (exact) mass is 228 g/mol. The molecule has 1 saturated heterocycles. The summed E-state index contributed by atoms with van der Waals surface area (Å²) < 4.78 is 0. The van der Waals surface area contributed by atoms with Crippen LogP contribution in [-0.2, 0) is 0 Å². The Hall–Kier alpha value is -0.120. The number of hydrogen-bond donors (Lipinski definition) is 2. The Morgan fingerprint density at radius 2 is 1.94 bits per heavy atom. The standard InChI is InChI=1S/C13H28N2O/c1-11(14-4)12-5-8-15(9-6-12)10-7-13(2,3)16/h11-12,14,16H,5-10H2,1-4H3. The van der Waals surface area contributed by atoms with Crippen molar-refractivity contribution < 1.29 is 5.11 Å². The lowest BCUT2D eigenvalue weighted by molar-refractivity contribution is 0.0508. The van der Waals surface area contributed by atoms with Crippen molar-refractivity contribution in [3.63, 3.8) is 0 Å². The normalized spacial score (nSPS) is 22.3. The van der Waals surface area contributed by atoms with Crippen LogP contribution in [0.5, 0.6) is 0 Å². The van der Waals surface area contributed by atoms with E-state index in [1.54, 1.807) is 0 Å². The lowest BCUT2D eigenvalue weighted by Gasteiger charge is -2.35. The van der Waals surface area contributed by atoms with Gasteiger partial charge in [-0.2, -0.15) is 0 Å². The van der Waals surface area contributed by atoms with E-state index in [0.29, 0.717) is 6.04 Å². The van der Waals surface area contributed by atoms with Gasteiger partial charge in [0.05, 0.1) is 5.60 Å². The third-order valence-corrected chi connectivity index (χ3v) is 3.83. The molecule has 1 aliphatic heterocycles. The minimum Gasteiger partial charge on any atom is -0.390 e. The van der Waals surface area contributed by atoms with Gasteiger partial charge in [0.25, 0.3) is 0 Å². The van der Waals surface area contributed by atoms with Crippen molar-refractivity contribution in [2.75, 3.05) is 26.7 Å². The molecule has 0 aliphatic carbocycles. The van der Waals surface area contributed by atoms with Crippen LogP contribution < -0.4 is 5.32 Å². The zero-order chi connectivity index (χ0) is 12.2. The molecule has 0 bridgehead atoms. The summed E-state index contributed by atoms with van der Waals surface area (Å²) in [5.74, 6) is 0.823. The summed E-state index contributed by atoms with van der Waals surface area (Å²) in [6, 6.07) is 0.636. The molecule has 16 heavy (non-hydrogen) atoms. The molecule has 0 radical (unpaired) electrons. The third-order valence-electron chi connectivity index (χ3n) is 3.83. The summed E-state index contributed by atoms with van der Waals surface area (Å²) in [6.07, 6.45) is 3.45. The minimum absolute atomic E-state index is 0.519. The van der Waals surface area contributed by atoms with Gasteiger partial charge < -0.3 is 15.3 Å². The SMILES string of the molecule is CNC(C)C1CCN(CCC(C)(C)O)CC1. The number of aliphatic hydroxyl groups is 1. The zero-order valence-electron chi connectivity index (χ0n) is 11.3. The molecule has 0 aromatic carbocycles. The molecule has 1 atom stereocenters. The quantitative estimate of drug-likeness (QED) is 0.748. The molecule has 1 fully saturated rings. The molecular weight excluding hydrogens is 200 g/mol. The molecule has 1 aliphatic rings. The molecule has 1 heterocycles. The first-order valence-electron chi connectivity index (χ1n) is 6.54. The summed E-state index contributed by atoms with van der Waals surface area (Å²) in [6.45, 7) is 9.46. The summed E-state index contributed by atoms with van der Waals surface area (Å²) in [5.41, 5.74) is -0.519. The fourth-order valence-corrected chi connectivity index (χ4v) is 2.34. The van der Waals surface area contributed by atoms with Crippen LogP contribution in [-0.4, -0.2) is 48.3 Å². The Bertz CT molecular complexity index is 193. The van der Waals surface area contributed by atoms with Gasteiger partial charge in [-0.15, -0.1) is 0 Å². The number of rotatable bonds is 5. The van der Waals surface area contributed by atoms with Crippen LogP contribution in [0.3, 0.4) is 0 Å². The second kappa shape index (κ2) is 5.99. The first kappa shape index (κ1) is 13.9. The summed E-state index contributed by atoms with van der Waals surface area (Å²) in [4.78, 5) is 2.48. The number of nitrogens with zero attached hydrogens (tertiary/aromatic N) is 1. The average Bonchev–Trinajstić information content (AvgIpc) is 2.25. The average molecular weight is 228 g/mol. The summed E-state index contributed by atoms with van der Waals surface area (Å²) in [7, 11) is 2.05.